The minimum atomic E-state index is -4.81. The zero-order valence-electron chi connectivity index (χ0n) is 12.4. The summed E-state index contributed by atoms with van der Waals surface area (Å²) in [5.74, 6) is -2.30. The van der Waals surface area contributed by atoms with Crippen LogP contribution in [-0.2, 0) is 29.9 Å². The van der Waals surface area contributed by atoms with Gasteiger partial charge in [-0.25, -0.2) is 17.0 Å². The molecule has 0 aromatic heterocycles. The summed E-state index contributed by atoms with van der Waals surface area (Å²) >= 11 is 0. The minimum absolute atomic E-state index is 0.0666. The Labute approximate surface area is 138 Å². The molecule has 1 heterocycles. The summed E-state index contributed by atoms with van der Waals surface area (Å²) in [6.45, 7) is -0.669. The van der Waals surface area contributed by atoms with E-state index in [0.717, 1.165) is 0 Å². The van der Waals surface area contributed by atoms with Gasteiger partial charge in [-0.15, -0.1) is 0 Å². The Hall–Kier alpha value is -2.02. The third kappa shape index (κ3) is 3.40. The normalized spacial score (nSPS) is 19.5. The number of rotatable bonds is 5. The molecule has 1 fully saturated rings. The number of nitrogens with two attached hydrogens (primary N) is 1. The lowest BCUT2D eigenvalue weighted by atomic mass is 10.1. The van der Waals surface area contributed by atoms with Crippen LogP contribution >= 0.6 is 0 Å². The third-order valence-electron chi connectivity index (χ3n) is 3.43. The SMILES string of the molecule is CS(=O)(=O)N(C(=O)[C@H](N)c1ccccc1)C1CN(S(=O)(=O)O)C1=O. The van der Waals surface area contributed by atoms with Crippen molar-refractivity contribution in [3.8, 4) is 0 Å². The lowest BCUT2D eigenvalue weighted by Gasteiger charge is -2.41. The fourth-order valence-electron chi connectivity index (χ4n) is 2.25. The molecule has 1 aliphatic rings. The maximum atomic E-state index is 12.5. The van der Waals surface area contributed by atoms with Gasteiger partial charge in [0.1, 0.15) is 12.1 Å². The van der Waals surface area contributed by atoms with Gasteiger partial charge in [0.15, 0.2) is 0 Å². The summed E-state index contributed by atoms with van der Waals surface area (Å²) in [6.07, 6.45) is 0.700. The number of hydrogen-bond acceptors (Lipinski definition) is 7. The average molecular weight is 377 g/mol. The molecule has 132 valence electrons. The van der Waals surface area contributed by atoms with Gasteiger partial charge in [0.05, 0.1) is 12.8 Å². The van der Waals surface area contributed by atoms with E-state index < -0.39 is 50.8 Å². The van der Waals surface area contributed by atoms with Crippen LogP contribution in [0, 0.1) is 0 Å². The van der Waals surface area contributed by atoms with Gasteiger partial charge in [0.2, 0.25) is 10.0 Å². The maximum absolute atomic E-state index is 12.5. The van der Waals surface area contributed by atoms with E-state index in [9.17, 15) is 26.4 Å². The number of amides is 2. The number of carbonyl (C=O) groups excluding carboxylic acids is 2. The van der Waals surface area contributed by atoms with Gasteiger partial charge in [0.25, 0.3) is 11.8 Å². The molecule has 2 amide bonds. The largest absolute Gasteiger partial charge is 0.362 e. The Bertz CT molecular complexity index is 867. The van der Waals surface area contributed by atoms with Gasteiger partial charge in [0, 0.05) is 0 Å². The van der Waals surface area contributed by atoms with E-state index in [-0.39, 0.29) is 8.61 Å². The van der Waals surface area contributed by atoms with Crippen molar-refractivity contribution in [2.45, 2.75) is 12.1 Å². The Morgan fingerprint density at radius 1 is 1.29 bits per heavy atom. The molecule has 1 unspecified atom stereocenters. The molecule has 0 radical (unpaired) electrons. The van der Waals surface area contributed by atoms with Gasteiger partial charge in [-0.3, -0.25) is 14.1 Å². The van der Waals surface area contributed by atoms with Crippen LogP contribution in [0.25, 0.3) is 0 Å². The molecule has 2 atom stereocenters. The first-order valence-electron chi connectivity index (χ1n) is 6.57. The monoisotopic (exact) mass is 377 g/mol. The molecule has 0 saturated carbocycles. The second kappa shape index (κ2) is 6.12. The van der Waals surface area contributed by atoms with Crippen molar-refractivity contribution in [2.24, 2.45) is 5.73 Å². The minimum Gasteiger partial charge on any atom is -0.316 e. The highest BCUT2D eigenvalue weighted by atomic mass is 32.2. The van der Waals surface area contributed by atoms with E-state index in [0.29, 0.717) is 11.8 Å². The molecule has 1 aliphatic heterocycles. The Balaban J connectivity index is 2.32. The van der Waals surface area contributed by atoms with Crippen LogP contribution in [0.2, 0.25) is 0 Å². The Kier molecular flexibility index (Phi) is 4.68. The van der Waals surface area contributed by atoms with Gasteiger partial charge in [-0.05, 0) is 5.56 Å². The molecular formula is C12H15N3O7S2. The summed E-state index contributed by atoms with van der Waals surface area (Å²) in [5.41, 5.74) is 6.10. The first-order valence-corrected chi connectivity index (χ1v) is 9.82. The third-order valence-corrected chi connectivity index (χ3v) is 5.47. The summed E-state index contributed by atoms with van der Waals surface area (Å²) in [4.78, 5) is 24.3. The van der Waals surface area contributed by atoms with Crippen molar-refractivity contribution in [3.63, 3.8) is 0 Å². The number of hydrogen-bond donors (Lipinski definition) is 2. The summed E-state index contributed by atoms with van der Waals surface area (Å²) < 4.78 is 54.9. The van der Waals surface area contributed by atoms with Crippen LogP contribution < -0.4 is 5.73 Å². The van der Waals surface area contributed by atoms with Crippen LogP contribution in [0.5, 0.6) is 0 Å². The lowest BCUT2D eigenvalue weighted by molar-refractivity contribution is -0.147. The number of sulfonamides is 1. The van der Waals surface area contributed by atoms with Crippen LogP contribution in [-0.4, -0.2) is 60.7 Å². The highest BCUT2D eigenvalue weighted by Crippen LogP contribution is 2.25. The fourth-order valence-corrected chi connectivity index (χ4v) is 3.99. The van der Waals surface area contributed by atoms with Crippen LogP contribution in [0.4, 0.5) is 0 Å². The molecule has 1 aromatic rings. The second-order valence-corrected chi connectivity index (χ2v) is 8.34. The van der Waals surface area contributed by atoms with Gasteiger partial charge >= 0.3 is 10.3 Å². The quantitative estimate of drug-likeness (QED) is 0.463. The summed E-state index contributed by atoms with van der Waals surface area (Å²) in [6, 6.07) is 4.97. The Morgan fingerprint density at radius 3 is 2.25 bits per heavy atom. The Morgan fingerprint density at radius 2 is 1.83 bits per heavy atom. The van der Waals surface area contributed by atoms with E-state index in [1.54, 1.807) is 18.2 Å². The average Bonchev–Trinajstić information content (AvgIpc) is 2.47. The smallest absolute Gasteiger partial charge is 0.316 e. The lowest BCUT2D eigenvalue weighted by Crippen LogP contribution is -2.67. The predicted octanol–water partition coefficient (Wildman–Crippen LogP) is -1.51. The van der Waals surface area contributed by atoms with Crippen LogP contribution in [0.1, 0.15) is 11.6 Å². The van der Waals surface area contributed by atoms with E-state index in [4.69, 9.17) is 10.3 Å². The predicted molar refractivity (Wildman–Crippen MR) is 82.1 cm³/mol. The highest BCUT2D eigenvalue weighted by Gasteiger charge is 2.51. The molecule has 0 aliphatic carbocycles. The van der Waals surface area contributed by atoms with Crippen molar-refractivity contribution in [1.82, 2.24) is 8.61 Å². The molecule has 24 heavy (non-hydrogen) atoms. The van der Waals surface area contributed by atoms with Crippen molar-refractivity contribution in [3.05, 3.63) is 35.9 Å². The van der Waals surface area contributed by atoms with E-state index in [1.165, 1.54) is 12.1 Å². The first kappa shape index (κ1) is 18.3. The van der Waals surface area contributed by atoms with Gasteiger partial charge in [-0.2, -0.15) is 8.42 Å². The fraction of sp³-hybridized carbons (Fsp3) is 0.333. The number of nitrogens with zero attached hydrogens (tertiary/aromatic N) is 2. The molecule has 2 rings (SSSR count). The molecule has 1 saturated heterocycles. The van der Waals surface area contributed by atoms with Gasteiger partial charge in [-0.1, -0.05) is 30.3 Å². The number of β-lactam (4-membered cyclic amide) rings is 1. The highest BCUT2D eigenvalue weighted by molar-refractivity contribution is 7.89. The zero-order valence-corrected chi connectivity index (χ0v) is 14.1. The molecule has 3 N–H and O–H groups in total. The number of carbonyl (C=O) groups is 2. The van der Waals surface area contributed by atoms with Gasteiger partial charge < -0.3 is 5.73 Å². The van der Waals surface area contributed by atoms with E-state index in [1.807, 2.05) is 0 Å². The summed E-state index contributed by atoms with van der Waals surface area (Å²) in [7, 11) is -9.00. The summed E-state index contributed by atoms with van der Waals surface area (Å²) in [5, 5.41) is 0. The van der Waals surface area contributed by atoms with E-state index in [2.05, 4.69) is 0 Å². The standard InChI is InChI=1S/C12H15N3O7S2/c1-23(18,19)15(9-7-14(11(9)16)24(20,21)22)12(17)10(13)8-5-3-2-4-6-8/h2-6,9-10H,7,13H2,1H3,(H,20,21,22)/t9?,10-/m1/s1. The molecule has 0 spiro atoms. The molecule has 0 bridgehead atoms. The van der Waals surface area contributed by atoms with Crippen LogP contribution in [0.3, 0.4) is 0 Å². The molecule has 12 heteroatoms. The van der Waals surface area contributed by atoms with Crippen molar-refractivity contribution < 1.29 is 31.0 Å². The molecular weight excluding hydrogens is 362 g/mol. The van der Waals surface area contributed by atoms with Crippen molar-refractivity contribution in [2.75, 3.05) is 12.8 Å². The maximum Gasteiger partial charge on any atom is 0.362 e. The molecule has 1 aromatic carbocycles. The topological polar surface area (TPSA) is 155 Å². The molecule has 10 nitrogen and oxygen atoms in total. The van der Waals surface area contributed by atoms with Crippen molar-refractivity contribution >= 4 is 32.1 Å². The van der Waals surface area contributed by atoms with Crippen molar-refractivity contribution in [1.29, 1.82) is 0 Å². The second-order valence-electron chi connectivity index (χ2n) is 5.15. The van der Waals surface area contributed by atoms with Crippen LogP contribution in [0.15, 0.2) is 30.3 Å². The van der Waals surface area contributed by atoms with E-state index >= 15 is 0 Å². The zero-order chi connectivity index (χ0) is 18.3. The number of benzene rings is 1. The first-order chi connectivity index (χ1) is 10.9.